The van der Waals surface area contributed by atoms with Crippen LogP contribution >= 0.6 is 0 Å². The zero-order valence-corrected chi connectivity index (χ0v) is 12.1. The number of carbonyl (C=O) groups excluding carboxylic acids is 1. The lowest BCUT2D eigenvalue weighted by molar-refractivity contribution is 0.0690. The molecule has 1 aromatic heterocycles. The summed E-state index contributed by atoms with van der Waals surface area (Å²) in [5.41, 5.74) is 1.72. The largest absolute Gasteiger partial charge is 0.477 e. The van der Waals surface area contributed by atoms with Crippen molar-refractivity contribution in [2.45, 2.75) is 58.4 Å². The van der Waals surface area contributed by atoms with E-state index in [0.29, 0.717) is 16.8 Å². The van der Waals surface area contributed by atoms with Crippen molar-refractivity contribution in [3.63, 3.8) is 0 Å². The first-order valence-electron chi connectivity index (χ1n) is 7.24. The maximum Gasteiger partial charge on any atom is 0.352 e. The molecule has 5 nitrogen and oxygen atoms in total. The number of aromatic carboxylic acids is 1. The average molecular weight is 278 g/mol. The molecule has 0 aliphatic heterocycles. The van der Waals surface area contributed by atoms with Crippen LogP contribution in [0.2, 0.25) is 0 Å². The van der Waals surface area contributed by atoms with E-state index in [1.807, 2.05) is 0 Å². The highest BCUT2D eigenvalue weighted by Crippen LogP contribution is 2.21. The van der Waals surface area contributed by atoms with Crippen molar-refractivity contribution >= 4 is 11.9 Å². The fourth-order valence-electron chi connectivity index (χ4n) is 2.99. The Bertz CT molecular complexity index is 511. The first kappa shape index (κ1) is 14.6. The second-order valence-electron chi connectivity index (χ2n) is 5.59. The summed E-state index contributed by atoms with van der Waals surface area (Å²) >= 11 is 0. The Morgan fingerprint density at radius 1 is 1.15 bits per heavy atom. The summed E-state index contributed by atoms with van der Waals surface area (Å²) in [6, 6.07) is 0.215. The number of carboxylic acid groups (broad SMARTS) is 1. The van der Waals surface area contributed by atoms with Crippen LogP contribution in [0.4, 0.5) is 0 Å². The lowest BCUT2D eigenvalue weighted by atomic mass is 10.1. The quantitative estimate of drug-likeness (QED) is 0.743. The highest BCUT2D eigenvalue weighted by atomic mass is 16.4. The monoisotopic (exact) mass is 278 g/mol. The molecule has 0 radical (unpaired) electrons. The smallest absolute Gasteiger partial charge is 0.352 e. The van der Waals surface area contributed by atoms with Crippen molar-refractivity contribution in [3.8, 4) is 0 Å². The van der Waals surface area contributed by atoms with Crippen molar-refractivity contribution in [1.82, 2.24) is 10.3 Å². The number of aromatic amines is 1. The van der Waals surface area contributed by atoms with E-state index < -0.39 is 5.97 Å². The molecule has 2 rings (SSSR count). The van der Waals surface area contributed by atoms with Gasteiger partial charge in [-0.3, -0.25) is 4.79 Å². The van der Waals surface area contributed by atoms with Crippen molar-refractivity contribution in [1.29, 1.82) is 0 Å². The molecule has 0 saturated heterocycles. The molecule has 1 aliphatic rings. The second-order valence-corrected chi connectivity index (χ2v) is 5.59. The van der Waals surface area contributed by atoms with E-state index >= 15 is 0 Å². The summed E-state index contributed by atoms with van der Waals surface area (Å²) in [6.45, 7) is 3.41. The third-order valence-electron chi connectivity index (χ3n) is 4.07. The van der Waals surface area contributed by atoms with E-state index in [1.54, 1.807) is 13.8 Å². The van der Waals surface area contributed by atoms with Crippen LogP contribution in [0.5, 0.6) is 0 Å². The summed E-state index contributed by atoms with van der Waals surface area (Å²) in [4.78, 5) is 26.2. The van der Waals surface area contributed by atoms with E-state index in [0.717, 1.165) is 25.7 Å². The molecular formula is C15H22N2O3. The SMILES string of the molecule is Cc1[nH]c(C(=O)O)c(C)c1C(=O)NC1CCCCCC1. The Hall–Kier alpha value is -1.78. The number of rotatable bonds is 3. The maximum atomic E-state index is 12.4. The predicted molar refractivity (Wildman–Crippen MR) is 76.2 cm³/mol. The maximum absolute atomic E-state index is 12.4. The Morgan fingerprint density at radius 2 is 1.75 bits per heavy atom. The normalized spacial score (nSPS) is 16.7. The number of hydrogen-bond acceptors (Lipinski definition) is 2. The van der Waals surface area contributed by atoms with Crippen molar-refractivity contribution in [3.05, 3.63) is 22.5 Å². The van der Waals surface area contributed by atoms with Gasteiger partial charge in [-0.2, -0.15) is 0 Å². The van der Waals surface area contributed by atoms with Crippen molar-refractivity contribution in [2.75, 3.05) is 0 Å². The van der Waals surface area contributed by atoms with Crippen molar-refractivity contribution < 1.29 is 14.7 Å². The number of amides is 1. The van der Waals surface area contributed by atoms with E-state index in [-0.39, 0.29) is 17.6 Å². The van der Waals surface area contributed by atoms with Crippen LogP contribution in [-0.4, -0.2) is 28.0 Å². The van der Waals surface area contributed by atoms with Gasteiger partial charge in [-0.05, 0) is 32.3 Å². The zero-order chi connectivity index (χ0) is 14.7. The molecule has 1 heterocycles. The van der Waals surface area contributed by atoms with Crippen LogP contribution in [0.1, 0.15) is 70.6 Å². The molecule has 20 heavy (non-hydrogen) atoms. The molecule has 0 aromatic carbocycles. The third kappa shape index (κ3) is 3.03. The van der Waals surface area contributed by atoms with Crippen LogP contribution in [0.25, 0.3) is 0 Å². The van der Waals surface area contributed by atoms with Crippen molar-refractivity contribution in [2.24, 2.45) is 0 Å². The summed E-state index contributed by atoms with van der Waals surface area (Å²) in [6.07, 6.45) is 6.79. The van der Waals surface area contributed by atoms with Crippen LogP contribution < -0.4 is 5.32 Å². The molecule has 1 aliphatic carbocycles. The Morgan fingerprint density at radius 3 is 2.25 bits per heavy atom. The van der Waals surface area contributed by atoms with Crippen LogP contribution in [0, 0.1) is 13.8 Å². The fourth-order valence-corrected chi connectivity index (χ4v) is 2.99. The van der Waals surface area contributed by atoms with Gasteiger partial charge < -0.3 is 15.4 Å². The van der Waals surface area contributed by atoms with Gasteiger partial charge in [0.15, 0.2) is 0 Å². The summed E-state index contributed by atoms with van der Waals surface area (Å²) < 4.78 is 0. The van der Waals surface area contributed by atoms with Gasteiger partial charge in [0, 0.05) is 11.7 Å². The molecule has 1 fully saturated rings. The lowest BCUT2D eigenvalue weighted by Gasteiger charge is -2.16. The number of H-pyrrole nitrogens is 1. The summed E-state index contributed by atoms with van der Waals surface area (Å²) in [5, 5.41) is 12.1. The number of nitrogens with one attached hydrogen (secondary N) is 2. The first-order valence-corrected chi connectivity index (χ1v) is 7.24. The summed E-state index contributed by atoms with van der Waals surface area (Å²) in [7, 11) is 0. The van der Waals surface area contributed by atoms with Gasteiger partial charge in [-0.15, -0.1) is 0 Å². The van der Waals surface area contributed by atoms with E-state index in [2.05, 4.69) is 10.3 Å². The highest BCUT2D eigenvalue weighted by molar-refractivity contribution is 6.00. The van der Waals surface area contributed by atoms with Crippen LogP contribution in [0.15, 0.2) is 0 Å². The molecular weight excluding hydrogens is 256 g/mol. The van der Waals surface area contributed by atoms with Gasteiger partial charge in [0.2, 0.25) is 0 Å². The minimum Gasteiger partial charge on any atom is -0.477 e. The van der Waals surface area contributed by atoms with Gasteiger partial charge >= 0.3 is 5.97 Å². The Kier molecular flexibility index (Phi) is 4.47. The molecule has 0 atom stereocenters. The first-order chi connectivity index (χ1) is 9.50. The van der Waals surface area contributed by atoms with Gasteiger partial charge in [0.25, 0.3) is 5.91 Å². The molecule has 0 bridgehead atoms. The minimum absolute atomic E-state index is 0.105. The van der Waals surface area contributed by atoms with Crippen LogP contribution in [-0.2, 0) is 0 Å². The topological polar surface area (TPSA) is 82.2 Å². The number of carboxylic acids is 1. The Balaban J connectivity index is 2.14. The highest BCUT2D eigenvalue weighted by Gasteiger charge is 2.23. The lowest BCUT2D eigenvalue weighted by Crippen LogP contribution is -2.34. The van der Waals surface area contributed by atoms with Gasteiger partial charge in [0.05, 0.1) is 5.56 Å². The molecule has 110 valence electrons. The predicted octanol–water partition coefficient (Wildman–Crippen LogP) is 2.78. The average Bonchev–Trinajstić information content (AvgIpc) is 2.55. The summed E-state index contributed by atoms with van der Waals surface area (Å²) in [5.74, 6) is -1.19. The van der Waals surface area contributed by atoms with E-state index in [9.17, 15) is 9.59 Å². The molecule has 1 saturated carbocycles. The molecule has 3 N–H and O–H groups in total. The van der Waals surface area contributed by atoms with Crippen LogP contribution in [0.3, 0.4) is 0 Å². The molecule has 0 spiro atoms. The Labute approximate surface area is 118 Å². The van der Waals surface area contributed by atoms with E-state index in [4.69, 9.17) is 5.11 Å². The van der Waals surface area contributed by atoms with E-state index in [1.165, 1.54) is 12.8 Å². The van der Waals surface area contributed by atoms with Gasteiger partial charge in [-0.1, -0.05) is 25.7 Å². The van der Waals surface area contributed by atoms with Gasteiger partial charge in [-0.25, -0.2) is 4.79 Å². The molecule has 1 amide bonds. The second kappa shape index (κ2) is 6.11. The third-order valence-corrected chi connectivity index (χ3v) is 4.07. The molecule has 5 heteroatoms. The number of carbonyl (C=O) groups is 2. The number of aryl methyl sites for hydroxylation is 1. The fraction of sp³-hybridized carbons (Fsp3) is 0.600. The molecule has 0 unspecified atom stereocenters. The zero-order valence-electron chi connectivity index (χ0n) is 12.1. The van der Waals surface area contributed by atoms with Gasteiger partial charge in [0.1, 0.15) is 5.69 Å². The number of hydrogen-bond donors (Lipinski definition) is 3. The minimum atomic E-state index is -1.03. The number of aromatic nitrogens is 1. The molecule has 1 aromatic rings. The standard InChI is InChI=1S/C15H22N2O3/c1-9-12(10(2)16-13(9)15(19)20)14(18)17-11-7-5-3-4-6-8-11/h11,16H,3-8H2,1-2H3,(H,17,18)(H,19,20).